The maximum atomic E-state index is 11.5. The van der Waals surface area contributed by atoms with Crippen LogP contribution in [0.3, 0.4) is 0 Å². The van der Waals surface area contributed by atoms with Gasteiger partial charge in [-0.25, -0.2) is 9.97 Å². The Kier molecular flexibility index (Phi) is 4.81. The third kappa shape index (κ3) is 3.73. The molecule has 0 saturated carbocycles. The average molecular weight is 349 g/mol. The molecular formula is C15H23N7OS. The lowest BCUT2D eigenvalue weighted by atomic mass is 10.2. The summed E-state index contributed by atoms with van der Waals surface area (Å²) in [6.07, 6.45) is 1.05. The second kappa shape index (κ2) is 6.86. The van der Waals surface area contributed by atoms with Crippen molar-refractivity contribution in [2.75, 3.05) is 30.8 Å². The Balaban J connectivity index is 1.62. The van der Waals surface area contributed by atoms with Crippen LogP contribution in [0.4, 0.5) is 11.1 Å². The maximum Gasteiger partial charge on any atom is 0.252 e. The van der Waals surface area contributed by atoms with Gasteiger partial charge in [0.1, 0.15) is 5.82 Å². The Bertz CT molecular complexity index is 756. The summed E-state index contributed by atoms with van der Waals surface area (Å²) >= 11 is 1.47. The number of aromatic amines is 1. The number of rotatable bonds is 5. The number of nitrogens with zero attached hydrogens (tertiary/aromatic N) is 5. The van der Waals surface area contributed by atoms with Gasteiger partial charge in [-0.1, -0.05) is 13.8 Å². The van der Waals surface area contributed by atoms with Gasteiger partial charge < -0.3 is 10.6 Å². The molecule has 9 heteroatoms. The van der Waals surface area contributed by atoms with E-state index in [2.05, 4.69) is 43.0 Å². The molecule has 0 aromatic carbocycles. The van der Waals surface area contributed by atoms with E-state index in [-0.39, 0.29) is 11.5 Å². The first-order chi connectivity index (χ1) is 11.4. The summed E-state index contributed by atoms with van der Waals surface area (Å²) < 4.78 is 4.43. The van der Waals surface area contributed by atoms with Gasteiger partial charge in [-0.15, -0.1) is 0 Å². The molecule has 1 aliphatic rings. The van der Waals surface area contributed by atoms with E-state index in [0.717, 1.165) is 30.5 Å². The molecule has 1 atom stereocenters. The maximum absolute atomic E-state index is 11.5. The molecule has 0 amide bonds. The molecule has 130 valence electrons. The average Bonchev–Trinajstić information content (AvgIpc) is 3.15. The number of anilines is 2. The minimum absolute atomic E-state index is 0.161. The Morgan fingerprint density at radius 3 is 2.96 bits per heavy atom. The van der Waals surface area contributed by atoms with Crippen LogP contribution in [0.1, 0.15) is 37.7 Å². The molecule has 2 aromatic rings. The number of nitrogen functional groups attached to an aromatic ring is 1. The number of hydrogen-bond acceptors (Lipinski definition) is 8. The zero-order valence-corrected chi connectivity index (χ0v) is 15.0. The fourth-order valence-electron chi connectivity index (χ4n) is 2.86. The van der Waals surface area contributed by atoms with Crippen LogP contribution in [0.25, 0.3) is 0 Å². The van der Waals surface area contributed by atoms with Gasteiger partial charge in [0.05, 0.1) is 5.69 Å². The van der Waals surface area contributed by atoms with E-state index in [1.807, 2.05) is 7.05 Å². The van der Waals surface area contributed by atoms with Crippen LogP contribution in [-0.4, -0.2) is 50.4 Å². The van der Waals surface area contributed by atoms with Gasteiger partial charge in [0.25, 0.3) is 5.56 Å². The van der Waals surface area contributed by atoms with Crippen LogP contribution in [0, 0.1) is 0 Å². The Morgan fingerprint density at radius 2 is 2.29 bits per heavy atom. The summed E-state index contributed by atoms with van der Waals surface area (Å²) in [6, 6.07) is 1.89. The van der Waals surface area contributed by atoms with E-state index < -0.39 is 0 Å². The topological polar surface area (TPSA) is 104 Å². The van der Waals surface area contributed by atoms with Gasteiger partial charge in [-0.3, -0.25) is 14.7 Å². The molecule has 0 aliphatic carbocycles. The number of aromatic nitrogens is 4. The highest BCUT2D eigenvalue weighted by atomic mass is 32.1. The van der Waals surface area contributed by atoms with Crippen molar-refractivity contribution in [2.45, 2.75) is 38.8 Å². The lowest BCUT2D eigenvalue weighted by Crippen LogP contribution is -2.34. The largest absolute Gasteiger partial charge is 0.369 e. The van der Waals surface area contributed by atoms with Crippen molar-refractivity contribution in [1.29, 1.82) is 0 Å². The summed E-state index contributed by atoms with van der Waals surface area (Å²) in [7, 11) is 2.05. The summed E-state index contributed by atoms with van der Waals surface area (Å²) in [4.78, 5) is 27.3. The summed E-state index contributed by atoms with van der Waals surface area (Å²) in [5.74, 6) is 1.42. The van der Waals surface area contributed by atoms with E-state index in [0.29, 0.717) is 24.2 Å². The minimum Gasteiger partial charge on any atom is -0.369 e. The van der Waals surface area contributed by atoms with Gasteiger partial charge in [0, 0.05) is 49.2 Å². The van der Waals surface area contributed by atoms with Crippen LogP contribution < -0.4 is 16.2 Å². The van der Waals surface area contributed by atoms with Gasteiger partial charge in [0.2, 0.25) is 11.1 Å². The zero-order valence-electron chi connectivity index (χ0n) is 14.2. The molecule has 24 heavy (non-hydrogen) atoms. The first-order valence-electron chi connectivity index (χ1n) is 8.07. The third-order valence-electron chi connectivity index (χ3n) is 4.23. The fourth-order valence-corrected chi connectivity index (χ4v) is 3.70. The second-order valence-electron chi connectivity index (χ2n) is 6.52. The molecule has 1 aliphatic heterocycles. The number of nitrogens with one attached hydrogen (secondary N) is 1. The van der Waals surface area contributed by atoms with Crippen LogP contribution in [0.15, 0.2) is 10.9 Å². The predicted octanol–water partition coefficient (Wildman–Crippen LogP) is 1.04. The van der Waals surface area contributed by atoms with E-state index in [4.69, 9.17) is 5.73 Å². The van der Waals surface area contributed by atoms with Gasteiger partial charge in [-0.05, 0) is 13.5 Å². The van der Waals surface area contributed by atoms with Crippen molar-refractivity contribution in [1.82, 2.24) is 24.2 Å². The molecule has 1 fully saturated rings. The van der Waals surface area contributed by atoms with E-state index in [1.54, 1.807) is 0 Å². The number of nitrogens with two attached hydrogens (primary N) is 1. The van der Waals surface area contributed by atoms with E-state index in [1.165, 1.54) is 17.6 Å². The van der Waals surface area contributed by atoms with E-state index >= 15 is 0 Å². The molecule has 1 unspecified atom stereocenters. The van der Waals surface area contributed by atoms with Gasteiger partial charge in [-0.2, -0.15) is 4.37 Å². The van der Waals surface area contributed by atoms with Crippen molar-refractivity contribution in [3.05, 3.63) is 27.9 Å². The molecule has 2 aromatic heterocycles. The molecule has 0 bridgehead atoms. The standard InChI is InChI=1S/C15H23N7OS/c1-9(2)13-19-15(24-20-13)22-5-4-11(8-22)21(3)7-10-6-12(23)18-14(16)17-10/h6,9,11H,4-5,7-8H2,1-3H3,(H3,16,17,18,23). The SMILES string of the molecule is CC(C)c1nsc(N2CCC(N(C)Cc3cc(=O)[nH]c(N)n3)C2)n1. The fraction of sp³-hybridized carbons (Fsp3) is 0.600. The first-order valence-corrected chi connectivity index (χ1v) is 8.84. The molecule has 0 radical (unpaired) electrons. The quantitative estimate of drug-likeness (QED) is 0.831. The first kappa shape index (κ1) is 16.8. The van der Waals surface area contributed by atoms with Crippen molar-refractivity contribution in [2.24, 2.45) is 0 Å². The highest BCUT2D eigenvalue weighted by molar-refractivity contribution is 7.09. The normalized spacial score (nSPS) is 18.0. The Morgan fingerprint density at radius 1 is 1.50 bits per heavy atom. The van der Waals surface area contributed by atoms with Crippen molar-refractivity contribution < 1.29 is 0 Å². The van der Waals surface area contributed by atoms with Crippen LogP contribution in [0.2, 0.25) is 0 Å². The lowest BCUT2D eigenvalue weighted by Gasteiger charge is -2.24. The number of H-pyrrole nitrogens is 1. The molecule has 3 heterocycles. The van der Waals surface area contributed by atoms with Crippen LogP contribution in [0.5, 0.6) is 0 Å². The number of likely N-dealkylation sites (N-methyl/N-ethyl adjacent to an activating group) is 1. The van der Waals surface area contributed by atoms with Crippen molar-refractivity contribution in [3.8, 4) is 0 Å². The minimum atomic E-state index is -0.214. The smallest absolute Gasteiger partial charge is 0.252 e. The lowest BCUT2D eigenvalue weighted by molar-refractivity contribution is 0.247. The molecule has 3 N–H and O–H groups in total. The molecule has 1 saturated heterocycles. The van der Waals surface area contributed by atoms with Crippen LogP contribution in [-0.2, 0) is 6.54 Å². The van der Waals surface area contributed by atoms with E-state index in [9.17, 15) is 4.79 Å². The van der Waals surface area contributed by atoms with Gasteiger partial charge >= 0.3 is 0 Å². The summed E-state index contributed by atoms with van der Waals surface area (Å²) in [6.45, 7) is 6.67. The third-order valence-corrected chi connectivity index (χ3v) is 5.02. The highest BCUT2D eigenvalue weighted by Crippen LogP contribution is 2.26. The molecule has 3 rings (SSSR count). The summed E-state index contributed by atoms with van der Waals surface area (Å²) in [5.41, 5.74) is 6.08. The second-order valence-corrected chi connectivity index (χ2v) is 7.25. The Hall–Kier alpha value is -2.00. The van der Waals surface area contributed by atoms with Crippen molar-refractivity contribution >= 4 is 22.6 Å². The monoisotopic (exact) mass is 349 g/mol. The van der Waals surface area contributed by atoms with Gasteiger partial charge in [0.15, 0.2) is 0 Å². The molecule has 8 nitrogen and oxygen atoms in total. The summed E-state index contributed by atoms with van der Waals surface area (Å²) in [5, 5.41) is 0.994. The molecule has 0 spiro atoms. The van der Waals surface area contributed by atoms with Crippen molar-refractivity contribution in [3.63, 3.8) is 0 Å². The molecular weight excluding hydrogens is 326 g/mol. The van der Waals surface area contributed by atoms with Crippen LogP contribution >= 0.6 is 11.5 Å². The highest BCUT2D eigenvalue weighted by Gasteiger charge is 2.28. The zero-order chi connectivity index (χ0) is 17.3. The number of hydrogen-bond donors (Lipinski definition) is 2. The predicted molar refractivity (Wildman–Crippen MR) is 95.4 cm³/mol. The Labute approximate surface area is 144 Å².